The summed E-state index contributed by atoms with van der Waals surface area (Å²) < 4.78 is 37.2. The van der Waals surface area contributed by atoms with Gasteiger partial charge in [-0.25, -0.2) is 13.1 Å². The normalized spacial score (nSPS) is 17.0. The van der Waals surface area contributed by atoms with Crippen molar-refractivity contribution in [2.45, 2.75) is 45.3 Å². The molecule has 0 aromatic heterocycles. The van der Waals surface area contributed by atoms with E-state index in [1.807, 2.05) is 6.92 Å². The average molecular weight is 384 g/mol. The number of nitrogens with zero attached hydrogens (tertiary/aromatic N) is 1. The van der Waals surface area contributed by atoms with Crippen LogP contribution in [-0.2, 0) is 14.8 Å². The number of hydrogen-bond donors (Lipinski definition) is 1. The number of nitrogens with one attached hydrogen (secondary N) is 1. The van der Waals surface area contributed by atoms with Crippen LogP contribution in [0.3, 0.4) is 0 Å². The van der Waals surface area contributed by atoms with E-state index < -0.39 is 16.1 Å². The van der Waals surface area contributed by atoms with Crippen LogP contribution >= 0.6 is 0 Å². The van der Waals surface area contributed by atoms with Crippen molar-refractivity contribution >= 4 is 15.9 Å². The van der Waals surface area contributed by atoms with Gasteiger partial charge in [-0.15, -0.1) is 0 Å². The number of carbonyl (C=O) groups excluding carboxylic acids is 1. The van der Waals surface area contributed by atoms with Crippen LogP contribution in [0.4, 0.5) is 0 Å². The van der Waals surface area contributed by atoms with E-state index in [4.69, 9.17) is 9.47 Å². The highest BCUT2D eigenvalue weighted by Crippen LogP contribution is 2.19. The van der Waals surface area contributed by atoms with Crippen LogP contribution in [0.2, 0.25) is 0 Å². The Hall–Kier alpha value is -1.80. The van der Waals surface area contributed by atoms with Crippen LogP contribution in [0.5, 0.6) is 11.5 Å². The van der Waals surface area contributed by atoms with Gasteiger partial charge in [-0.1, -0.05) is 6.92 Å². The molecule has 1 unspecified atom stereocenters. The van der Waals surface area contributed by atoms with Gasteiger partial charge in [-0.2, -0.15) is 0 Å². The van der Waals surface area contributed by atoms with E-state index in [2.05, 4.69) is 4.72 Å². The molecule has 1 aromatic rings. The molecule has 2 rings (SSSR count). The lowest BCUT2D eigenvalue weighted by Gasteiger charge is -2.33. The van der Waals surface area contributed by atoms with Crippen molar-refractivity contribution in [3.8, 4) is 11.5 Å². The minimum Gasteiger partial charge on any atom is -0.497 e. The highest BCUT2D eigenvalue weighted by atomic mass is 32.2. The van der Waals surface area contributed by atoms with Crippen molar-refractivity contribution in [1.82, 2.24) is 9.62 Å². The van der Waals surface area contributed by atoms with Gasteiger partial charge < -0.3 is 14.4 Å². The number of ether oxygens (including phenoxy) is 2. The predicted octanol–water partition coefficient (Wildman–Crippen LogP) is 1.78. The van der Waals surface area contributed by atoms with Crippen molar-refractivity contribution in [3.05, 3.63) is 24.3 Å². The maximum Gasteiger partial charge on any atom is 0.263 e. The molecule has 1 heterocycles. The molecule has 0 aliphatic carbocycles. The zero-order chi connectivity index (χ0) is 19.2. The largest absolute Gasteiger partial charge is 0.497 e. The molecule has 26 heavy (non-hydrogen) atoms. The highest BCUT2D eigenvalue weighted by molar-refractivity contribution is 7.89. The third-order valence-electron chi connectivity index (χ3n) is 4.35. The summed E-state index contributed by atoms with van der Waals surface area (Å²) in [4.78, 5) is 14.3. The van der Waals surface area contributed by atoms with E-state index in [9.17, 15) is 13.2 Å². The molecule has 7 nitrogen and oxygen atoms in total. The second-order valence-corrected chi connectivity index (χ2v) is 8.35. The molecule has 1 saturated heterocycles. The van der Waals surface area contributed by atoms with Crippen molar-refractivity contribution in [2.75, 3.05) is 26.0 Å². The number of benzene rings is 1. The van der Waals surface area contributed by atoms with Crippen LogP contribution in [0.25, 0.3) is 0 Å². The van der Waals surface area contributed by atoms with Gasteiger partial charge in [0.1, 0.15) is 11.5 Å². The molecule has 0 spiro atoms. The molecule has 1 fully saturated rings. The fourth-order valence-electron chi connectivity index (χ4n) is 2.97. The summed E-state index contributed by atoms with van der Waals surface area (Å²) in [5, 5.41) is 0. The maximum absolute atomic E-state index is 12.6. The molecule has 1 amide bonds. The topological polar surface area (TPSA) is 84.9 Å². The second kappa shape index (κ2) is 9.23. The lowest BCUT2D eigenvalue weighted by molar-refractivity contribution is -0.139. The minimum atomic E-state index is -3.22. The zero-order valence-corrected chi connectivity index (χ0v) is 16.4. The molecular weight excluding hydrogens is 356 g/mol. The zero-order valence-electron chi connectivity index (χ0n) is 15.6. The first kappa shape index (κ1) is 20.5. The van der Waals surface area contributed by atoms with Crippen molar-refractivity contribution < 1.29 is 22.7 Å². The monoisotopic (exact) mass is 384 g/mol. The quantitative estimate of drug-likeness (QED) is 0.739. The van der Waals surface area contributed by atoms with E-state index in [1.54, 1.807) is 43.2 Å². The minimum absolute atomic E-state index is 0.0873. The molecule has 1 aliphatic rings. The molecule has 8 heteroatoms. The van der Waals surface area contributed by atoms with Crippen LogP contribution in [0, 0.1) is 0 Å². The number of hydrogen-bond acceptors (Lipinski definition) is 5. The first-order chi connectivity index (χ1) is 12.3. The molecule has 0 bridgehead atoms. The fraction of sp³-hybridized carbons (Fsp3) is 0.611. The molecule has 0 saturated carbocycles. The summed E-state index contributed by atoms with van der Waals surface area (Å²) in [5.74, 6) is 1.38. The number of sulfonamides is 1. The van der Waals surface area contributed by atoms with Gasteiger partial charge in [-0.05, 0) is 50.5 Å². The Labute approximate surface area is 155 Å². The Bertz CT molecular complexity index is 682. The van der Waals surface area contributed by atoms with Gasteiger partial charge in [-0.3, -0.25) is 4.79 Å². The Balaban J connectivity index is 1.83. The van der Waals surface area contributed by atoms with Crippen LogP contribution in [0.1, 0.15) is 33.1 Å². The fourth-order valence-corrected chi connectivity index (χ4v) is 4.36. The molecule has 1 aromatic carbocycles. The summed E-state index contributed by atoms with van der Waals surface area (Å²) in [7, 11) is -1.63. The SMILES string of the molecule is CCCS(=O)(=O)NC1CCN(C(=O)C(C)Oc2ccc(OC)cc2)CC1. The van der Waals surface area contributed by atoms with Crippen molar-refractivity contribution in [2.24, 2.45) is 0 Å². The molecule has 1 aliphatic heterocycles. The Morgan fingerprint density at radius 3 is 2.35 bits per heavy atom. The van der Waals surface area contributed by atoms with E-state index in [-0.39, 0.29) is 17.7 Å². The van der Waals surface area contributed by atoms with Crippen LogP contribution in [-0.4, -0.2) is 57.3 Å². The number of carbonyl (C=O) groups is 1. The summed E-state index contributed by atoms with van der Waals surface area (Å²) in [5.41, 5.74) is 0. The first-order valence-electron chi connectivity index (χ1n) is 8.94. The standard InChI is InChI=1S/C18H28N2O5S/c1-4-13-26(22,23)19-15-9-11-20(12-10-15)18(21)14(2)25-17-7-5-16(24-3)6-8-17/h5-8,14-15,19H,4,9-13H2,1-3H3. The molecule has 1 atom stereocenters. The first-order valence-corrected chi connectivity index (χ1v) is 10.6. The van der Waals surface area contributed by atoms with E-state index in [0.29, 0.717) is 38.1 Å². The molecule has 1 N–H and O–H groups in total. The van der Waals surface area contributed by atoms with E-state index in [0.717, 1.165) is 5.75 Å². The van der Waals surface area contributed by atoms with E-state index >= 15 is 0 Å². The summed E-state index contributed by atoms with van der Waals surface area (Å²) in [6.07, 6.45) is 1.22. The highest BCUT2D eigenvalue weighted by Gasteiger charge is 2.28. The van der Waals surface area contributed by atoms with Crippen molar-refractivity contribution in [3.63, 3.8) is 0 Å². The van der Waals surface area contributed by atoms with Crippen LogP contribution in [0.15, 0.2) is 24.3 Å². The molecule has 0 radical (unpaired) electrons. The summed E-state index contributed by atoms with van der Waals surface area (Å²) in [6.45, 7) is 4.61. The molecular formula is C18H28N2O5S. The lowest BCUT2D eigenvalue weighted by atomic mass is 10.1. The summed E-state index contributed by atoms with van der Waals surface area (Å²) >= 11 is 0. The number of likely N-dealkylation sites (tertiary alicyclic amines) is 1. The van der Waals surface area contributed by atoms with Crippen molar-refractivity contribution in [1.29, 1.82) is 0 Å². The van der Waals surface area contributed by atoms with Gasteiger partial charge in [0.2, 0.25) is 10.0 Å². The number of methoxy groups -OCH3 is 1. The van der Waals surface area contributed by atoms with Gasteiger partial charge >= 0.3 is 0 Å². The Morgan fingerprint density at radius 1 is 1.23 bits per heavy atom. The number of rotatable bonds is 8. The van der Waals surface area contributed by atoms with E-state index in [1.165, 1.54) is 0 Å². The average Bonchev–Trinajstić information content (AvgIpc) is 2.62. The predicted molar refractivity (Wildman–Crippen MR) is 99.9 cm³/mol. The van der Waals surface area contributed by atoms with Crippen LogP contribution < -0.4 is 14.2 Å². The Kier molecular flexibility index (Phi) is 7.28. The second-order valence-electron chi connectivity index (χ2n) is 6.47. The van der Waals surface area contributed by atoms with Gasteiger partial charge in [0.25, 0.3) is 5.91 Å². The smallest absolute Gasteiger partial charge is 0.263 e. The Morgan fingerprint density at radius 2 is 1.81 bits per heavy atom. The lowest BCUT2D eigenvalue weighted by Crippen LogP contribution is -2.49. The number of amides is 1. The number of piperidine rings is 1. The van der Waals surface area contributed by atoms with Gasteiger partial charge in [0.15, 0.2) is 6.10 Å². The van der Waals surface area contributed by atoms with Gasteiger partial charge in [0, 0.05) is 19.1 Å². The molecule has 146 valence electrons. The maximum atomic E-state index is 12.6. The third-order valence-corrected chi connectivity index (χ3v) is 5.98. The summed E-state index contributed by atoms with van der Waals surface area (Å²) in [6, 6.07) is 6.98. The van der Waals surface area contributed by atoms with Gasteiger partial charge in [0.05, 0.1) is 12.9 Å². The third kappa shape index (κ3) is 5.88.